The zero-order valence-corrected chi connectivity index (χ0v) is 29.9. The van der Waals surface area contributed by atoms with E-state index in [4.69, 9.17) is 14.2 Å². The Kier molecular flexibility index (Phi) is 11.3. The number of hydrogen-bond donors (Lipinski definition) is 0. The number of halogens is 1. The molecule has 4 heterocycles. The van der Waals surface area contributed by atoms with Gasteiger partial charge in [-0.15, -0.1) is 0 Å². The molecule has 5 fully saturated rings. The third-order valence-electron chi connectivity index (χ3n) is 12.8. The average molecular weight is 687 g/mol. The van der Waals surface area contributed by atoms with Crippen molar-refractivity contribution in [1.29, 1.82) is 5.26 Å². The quantitative estimate of drug-likeness (QED) is 0.228. The van der Waals surface area contributed by atoms with Crippen LogP contribution in [0.2, 0.25) is 0 Å². The molecule has 4 aliphatic heterocycles. The third kappa shape index (κ3) is 7.68. The van der Waals surface area contributed by atoms with E-state index >= 15 is 4.39 Å². The van der Waals surface area contributed by atoms with E-state index in [1.807, 2.05) is 18.2 Å². The minimum Gasteiger partial charge on any atom is -0.492 e. The van der Waals surface area contributed by atoms with Gasteiger partial charge < -0.3 is 28.9 Å². The molecule has 50 heavy (non-hydrogen) atoms. The van der Waals surface area contributed by atoms with Gasteiger partial charge in [-0.2, -0.15) is 5.26 Å². The van der Waals surface area contributed by atoms with Crippen LogP contribution in [0.25, 0.3) is 0 Å². The molecule has 0 spiro atoms. The summed E-state index contributed by atoms with van der Waals surface area (Å²) in [7, 11) is 1.49. The van der Waals surface area contributed by atoms with E-state index < -0.39 is 0 Å². The number of rotatable bonds is 13. The van der Waals surface area contributed by atoms with Crippen LogP contribution in [0, 0.1) is 46.7 Å². The van der Waals surface area contributed by atoms with Crippen molar-refractivity contribution in [1.82, 2.24) is 9.80 Å². The molecule has 8 nitrogen and oxygen atoms in total. The van der Waals surface area contributed by atoms with Gasteiger partial charge in [0.1, 0.15) is 17.6 Å². The largest absolute Gasteiger partial charge is 0.492 e. The van der Waals surface area contributed by atoms with Gasteiger partial charge in [0, 0.05) is 68.9 Å². The zero-order valence-electron chi connectivity index (χ0n) is 29.9. The number of hydrogen-bond acceptors (Lipinski definition) is 8. The molecule has 0 N–H and O–H groups in total. The number of carbonyl (C=O) groups excluding carboxylic acids is 1. The molecule has 2 aromatic carbocycles. The van der Waals surface area contributed by atoms with Crippen LogP contribution in [0.15, 0.2) is 42.5 Å². The van der Waals surface area contributed by atoms with Gasteiger partial charge in [-0.05, 0) is 125 Å². The van der Waals surface area contributed by atoms with Crippen LogP contribution in [0.5, 0.6) is 5.75 Å². The Morgan fingerprint density at radius 3 is 2.46 bits per heavy atom. The van der Waals surface area contributed by atoms with Gasteiger partial charge in [-0.1, -0.05) is 18.6 Å². The predicted octanol–water partition coefficient (Wildman–Crippen LogP) is 6.27. The normalized spacial score (nSPS) is 25.3. The maximum Gasteiger partial charge on any atom is 0.305 e. The summed E-state index contributed by atoms with van der Waals surface area (Å²) in [6.07, 6.45) is 9.11. The predicted molar refractivity (Wildman–Crippen MR) is 192 cm³/mol. The van der Waals surface area contributed by atoms with Gasteiger partial charge >= 0.3 is 5.97 Å². The Bertz CT molecular complexity index is 1490. The highest BCUT2D eigenvalue weighted by molar-refractivity contribution is 5.69. The molecule has 1 aliphatic carbocycles. The second kappa shape index (κ2) is 16.0. The number of carbonyl (C=O) groups is 1. The van der Waals surface area contributed by atoms with Crippen molar-refractivity contribution in [2.45, 2.75) is 63.2 Å². The highest BCUT2D eigenvalue weighted by Crippen LogP contribution is 2.54. The van der Waals surface area contributed by atoms with E-state index in [2.05, 4.69) is 39.0 Å². The number of anilines is 1. The van der Waals surface area contributed by atoms with Crippen molar-refractivity contribution in [3.8, 4) is 11.8 Å². The smallest absolute Gasteiger partial charge is 0.305 e. The summed E-state index contributed by atoms with van der Waals surface area (Å²) in [5, 5.41) is 9.70. The lowest BCUT2D eigenvalue weighted by Gasteiger charge is -2.54. The molecule has 270 valence electrons. The molecule has 1 saturated carbocycles. The van der Waals surface area contributed by atoms with E-state index in [0.717, 1.165) is 122 Å². The lowest BCUT2D eigenvalue weighted by Crippen LogP contribution is -2.58. The van der Waals surface area contributed by atoms with Crippen molar-refractivity contribution in [3.05, 3.63) is 59.4 Å². The number of methoxy groups -OCH3 is 1. The Balaban J connectivity index is 1.00. The van der Waals surface area contributed by atoms with Gasteiger partial charge in [-0.25, -0.2) is 4.39 Å². The molecule has 7 rings (SSSR count). The maximum atomic E-state index is 15.0. The van der Waals surface area contributed by atoms with Crippen molar-refractivity contribution in [2.75, 3.05) is 84.2 Å². The number of likely N-dealkylation sites (tertiary alicyclic amines) is 2. The maximum absolute atomic E-state index is 15.0. The van der Waals surface area contributed by atoms with Crippen LogP contribution in [0.3, 0.4) is 0 Å². The van der Waals surface area contributed by atoms with Crippen LogP contribution < -0.4 is 9.64 Å². The highest BCUT2D eigenvalue weighted by Gasteiger charge is 2.53. The van der Waals surface area contributed by atoms with Gasteiger partial charge in [0.25, 0.3) is 0 Å². The second-order valence-electron chi connectivity index (χ2n) is 15.8. The number of ether oxygens (including phenoxy) is 3. The molecule has 5 aliphatic rings. The van der Waals surface area contributed by atoms with Crippen LogP contribution in [-0.2, 0) is 19.7 Å². The van der Waals surface area contributed by atoms with E-state index in [0.29, 0.717) is 48.0 Å². The summed E-state index contributed by atoms with van der Waals surface area (Å²) in [6, 6.07) is 15.8. The number of nitriles is 1. The lowest BCUT2D eigenvalue weighted by molar-refractivity contribution is -0.142. The lowest BCUT2D eigenvalue weighted by atomic mass is 9.56. The van der Waals surface area contributed by atoms with E-state index in [-0.39, 0.29) is 23.1 Å². The summed E-state index contributed by atoms with van der Waals surface area (Å²) < 4.78 is 31.9. The fourth-order valence-electron chi connectivity index (χ4n) is 9.97. The Hall–Kier alpha value is -3.19. The first-order valence-corrected chi connectivity index (χ1v) is 19.2. The van der Waals surface area contributed by atoms with Gasteiger partial charge in [-0.3, -0.25) is 4.79 Å². The minimum absolute atomic E-state index is 0.122. The number of nitrogens with zero attached hydrogens (tertiary/aromatic N) is 4. The summed E-state index contributed by atoms with van der Waals surface area (Å²) >= 11 is 0. The molecule has 2 aromatic rings. The summed E-state index contributed by atoms with van der Waals surface area (Å²) in [6.45, 7) is 10.6. The van der Waals surface area contributed by atoms with Crippen molar-refractivity contribution in [3.63, 3.8) is 0 Å². The molecular formula is C41H55FN4O4. The molecule has 4 saturated heterocycles. The number of esters is 1. The van der Waals surface area contributed by atoms with Gasteiger partial charge in [0.2, 0.25) is 0 Å². The standard InChI is InChI=1S/C41H55FN4O4/c1-48-40(47)21-32-5-2-8-38(32)41(29-45-15-4-16-45,35-6-3-7-36(42)22-35)34-11-17-44(18-12-34)25-31-26-46(27-31)37-10-9-33(24-43)39(23-37)50-28-30-13-19-49-20-14-30/h3,6-7,9-10,22-23,30-32,34,38H,2,4-5,8,11-21,25-29H2,1H3/t32-,38+,41+/m1/s1. The van der Waals surface area contributed by atoms with Crippen LogP contribution in [0.4, 0.5) is 10.1 Å². The SMILES string of the molecule is COC(=O)C[C@H]1CCC[C@@H]1[C@](CN1CCC1)(c1cccc(F)c1)C1CCN(CC2CN(c3ccc(C#N)c(OCC4CCOCC4)c3)C2)CC1. The van der Waals surface area contributed by atoms with Gasteiger partial charge in [0.15, 0.2) is 0 Å². The molecule has 0 amide bonds. The van der Waals surface area contributed by atoms with Crippen molar-refractivity contribution in [2.24, 2.45) is 29.6 Å². The molecule has 0 aromatic heterocycles. The minimum atomic E-state index is -0.183. The van der Waals surface area contributed by atoms with Crippen molar-refractivity contribution >= 4 is 11.7 Å². The monoisotopic (exact) mass is 686 g/mol. The van der Waals surface area contributed by atoms with Crippen molar-refractivity contribution < 1.29 is 23.4 Å². The molecule has 3 atom stereocenters. The average Bonchev–Trinajstić information content (AvgIpc) is 3.57. The third-order valence-corrected chi connectivity index (χ3v) is 12.8. The van der Waals surface area contributed by atoms with Crippen LogP contribution in [-0.4, -0.2) is 95.1 Å². The fourth-order valence-corrected chi connectivity index (χ4v) is 9.97. The number of benzene rings is 2. The topological polar surface area (TPSA) is 78.3 Å². The van der Waals surface area contributed by atoms with E-state index in [1.54, 1.807) is 6.07 Å². The summed E-state index contributed by atoms with van der Waals surface area (Å²) in [5.41, 5.74) is 2.68. The highest BCUT2D eigenvalue weighted by atomic mass is 19.1. The van der Waals surface area contributed by atoms with Crippen LogP contribution >= 0.6 is 0 Å². The molecule has 0 unspecified atom stereocenters. The van der Waals surface area contributed by atoms with Crippen LogP contribution in [0.1, 0.15) is 68.9 Å². The fraction of sp³-hybridized carbons (Fsp3) is 0.659. The van der Waals surface area contributed by atoms with E-state index in [9.17, 15) is 10.1 Å². The molecular weight excluding hydrogens is 631 g/mol. The Labute approximate surface area is 297 Å². The second-order valence-corrected chi connectivity index (χ2v) is 15.8. The number of piperidine rings is 1. The summed E-state index contributed by atoms with van der Waals surface area (Å²) in [4.78, 5) is 20.2. The zero-order chi connectivity index (χ0) is 34.5. The molecule has 9 heteroatoms. The molecule has 0 bridgehead atoms. The first-order chi connectivity index (χ1) is 24.4. The summed E-state index contributed by atoms with van der Waals surface area (Å²) in [5.74, 6) is 2.51. The van der Waals surface area contributed by atoms with Gasteiger partial charge in [0.05, 0.1) is 19.3 Å². The first kappa shape index (κ1) is 35.2. The first-order valence-electron chi connectivity index (χ1n) is 19.2. The Morgan fingerprint density at radius 1 is 0.960 bits per heavy atom. The molecule has 0 radical (unpaired) electrons. The Morgan fingerprint density at radius 2 is 1.76 bits per heavy atom. The van der Waals surface area contributed by atoms with E-state index in [1.165, 1.54) is 13.5 Å².